The first-order chi connectivity index (χ1) is 7.93. The van der Waals surface area contributed by atoms with E-state index in [0.29, 0.717) is 12.0 Å². The highest BCUT2D eigenvalue weighted by Crippen LogP contribution is 2.47. The Labute approximate surface area is 112 Å². The molecule has 1 rings (SSSR count). The van der Waals surface area contributed by atoms with Gasteiger partial charge in [-0.2, -0.15) is 11.8 Å². The molecular weight excluding hydrogens is 228 g/mol. The molecule has 1 saturated carbocycles. The van der Waals surface area contributed by atoms with Crippen molar-refractivity contribution >= 4 is 11.8 Å². The Morgan fingerprint density at radius 1 is 1.24 bits per heavy atom. The molecule has 102 valence electrons. The molecule has 1 nitrogen and oxygen atoms in total. The molecule has 0 spiro atoms. The Kier molecular flexibility index (Phi) is 5.85. The van der Waals surface area contributed by atoms with Gasteiger partial charge in [-0.3, -0.25) is 0 Å². The average Bonchev–Trinajstić information content (AvgIpc) is 2.29. The molecule has 0 unspecified atom stereocenters. The molecule has 0 aromatic heterocycles. The van der Waals surface area contributed by atoms with Crippen molar-refractivity contribution in [3.05, 3.63) is 0 Å². The zero-order chi connectivity index (χ0) is 12.9. The first kappa shape index (κ1) is 15.4. The fourth-order valence-corrected chi connectivity index (χ4v) is 3.61. The summed E-state index contributed by atoms with van der Waals surface area (Å²) < 4.78 is 0. The highest BCUT2D eigenvalue weighted by atomic mass is 32.2. The van der Waals surface area contributed by atoms with Crippen molar-refractivity contribution in [2.45, 2.75) is 59.3 Å². The molecule has 0 bridgehead atoms. The maximum Gasteiger partial charge on any atom is 0.0487 e. The standard InChI is InChI=1S/C15H30OS/c1-14(2,3)13-6-9-15(12-16,10-7-13)8-5-11-17-4/h13,16H,5-12H2,1-4H3. The minimum absolute atomic E-state index is 0.261. The molecule has 0 aliphatic heterocycles. The Balaban J connectivity index is 2.45. The number of aliphatic hydroxyl groups excluding tert-OH is 1. The summed E-state index contributed by atoms with van der Waals surface area (Å²) in [6.45, 7) is 7.48. The topological polar surface area (TPSA) is 20.2 Å². The highest BCUT2D eigenvalue weighted by Gasteiger charge is 2.37. The van der Waals surface area contributed by atoms with Crippen LogP contribution in [0, 0.1) is 16.7 Å². The van der Waals surface area contributed by atoms with Crippen LogP contribution in [0.1, 0.15) is 59.3 Å². The van der Waals surface area contributed by atoms with Crippen LogP contribution in [0.15, 0.2) is 0 Å². The summed E-state index contributed by atoms with van der Waals surface area (Å²) in [6.07, 6.45) is 9.75. The van der Waals surface area contributed by atoms with Gasteiger partial charge in [-0.25, -0.2) is 0 Å². The van der Waals surface area contributed by atoms with Crippen molar-refractivity contribution in [2.75, 3.05) is 18.6 Å². The Hall–Kier alpha value is 0.310. The number of hydrogen-bond donors (Lipinski definition) is 1. The van der Waals surface area contributed by atoms with Crippen molar-refractivity contribution in [1.82, 2.24) is 0 Å². The number of rotatable bonds is 5. The van der Waals surface area contributed by atoms with E-state index in [1.807, 2.05) is 11.8 Å². The van der Waals surface area contributed by atoms with E-state index in [1.165, 1.54) is 44.3 Å². The third-order valence-electron chi connectivity index (χ3n) is 4.66. The van der Waals surface area contributed by atoms with Gasteiger partial charge in [-0.1, -0.05) is 20.8 Å². The lowest BCUT2D eigenvalue weighted by atomic mass is 9.63. The first-order valence-electron chi connectivity index (χ1n) is 7.03. The molecule has 1 N–H and O–H groups in total. The Morgan fingerprint density at radius 3 is 2.24 bits per heavy atom. The van der Waals surface area contributed by atoms with Crippen molar-refractivity contribution in [3.63, 3.8) is 0 Å². The predicted octanol–water partition coefficient (Wildman–Crippen LogP) is 4.34. The van der Waals surface area contributed by atoms with E-state index < -0.39 is 0 Å². The van der Waals surface area contributed by atoms with Crippen molar-refractivity contribution in [1.29, 1.82) is 0 Å². The van der Waals surface area contributed by atoms with Crippen LogP contribution in [0.5, 0.6) is 0 Å². The lowest BCUT2D eigenvalue weighted by Crippen LogP contribution is -2.35. The van der Waals surface area contributed by atoms with Gasteiger partial charge in [0.05, 0.1) is 0 Å². The van der Waals surface area contributed by atoms with Crippen molar-refractivity contribution in [2.24, 2.45) is 16.7 Å². The second-order valence-electron chi connectivity index (χ2n) is 6.89. The molecule has 0 heterocycles. The molecule has 0 aromatic carbocycles. The van der Waals surface area contributed by atoms with E-state index in [0.717, 1.165) is 5.92 Å². The van der Waals surface area contributed by atoms with Crippen LogP contribution in [0.4, 0.5) is 0 Å². The summed E-state index contributed by atoms with van der Waals surface area (Å²) in [7, 11) is 0. The van der Waals surface area contributed by atoms with Gasteiger partial charge in [0.2, 0.25) is 0 Å². The van der Waals surface area contributed by atoms with Crippen molar-refractivity contribution < 1.29 is 5.11 Å². The van der Waals surface area contributed by atoms with Gasteiger partial charge in [-0.15, -0.1) is 0 Å². The van der Waals surface area contributed by atoms with E-state index in [9.17, 15) is 5.11 Å². The largest absolute Gasteiger partial charge is 0.396 e. The fraction of sp³-hybridized carbons (Fsp3) is 1.00. The lowest BCUT2D eigenvalue weighted by Gasteiger charge is -2.43. The zero-order valence-electron chi connectivity index (χ0n) is 12.1. The number of thioether (sulfide) groups is 1. The van der Waals surface area contributed by atoms with Crippen LogP contribution >= 0.6 is 11.8 Å². The maximum absolute atomic E-state index is 9.72. The number of hydrogen-bond acceptors (Lipinski definition) is 2. The Bertz CT molecular complexity index is 211. The molecule has 0 radical (unpaired) electrons. The summed E-state index contributed by atoms with van der Waals surface area (Å²) in [6, 6.07) is 0. The summed E-state index contributed by atoms with van der Waals surface area (Å²) in [5.74, 6) is 2.09. The van der Waals surface area contributed by atoms with Gasteiger partial charge in [0, 0.05) is 6.61 Å². The minimum atomic E-state index is 0.261. The lowest BCUT2D eigenvalue weighted by molar-refractivity contribution is 0.0301. The predicted molar refractivity (Wildman–Crippen MR) is 78.5 cm³/mol. The van der Waals surface area contributed by atoms with Crippen LogP contribution in [-0.4, -0.2) is 23.7 Å². The second kappa shape index (κ2) is 6.47. The Morgan fingerprint density at radius 2 is 1.82 bits per heavy atom. The molecule has 0 saturated heterocycles. The third kappa shape index (κ3) is 4.48. The summed E-state index contributed by atoms with van der Waals surface area (Å²) >= 11 is 1.92. The maximum atomic E-state index is 9.72. The van der Waals surface area contributed by atoms with Gasteiger partial charge in [0.1, 0.15) is 0 Å². The van der Waals surface area contributed by atoms with E-state index >= 15 is 0 Å². The van der Waals surface area contributed by atoms with E-state index in [-0.39, 0.29) is 5.41 Å². The number of aliphatic hydroxyl groups is 1. The summed E-state index contributed by atoms with van der Waals surface area (Å²) in [4.78, 5) is 0. The molecule has 2 heteroatoms. The molecule has 0 atom stereocenters. The van der Waals surface area contributed by atoms with E-state index in [1.54, 1.807) is 0 Å². The van der Waals surface area contributed by atoms with Gasteiger partial charge >= 0.3 is 0 Å². The van der Waals surface area contributed by atoms with Gasteiger partial charge in [-0.05, 0) is 67.3 Å². The van der Waals surface area contributed by atoms with Crippen molar-refractivity contribution in [3.8, 4) is 0 Å². The SMILES string of the molecule is CSCCCC1(CO)CCC(C(C)(C)C)CC1. The summed E-state index contributed by atoms with van der Waals surface area (Å²) in [5, 5.41) is 9.72. The molecule has 1 aliphatic rings. The zero-order valence-corrected chi connectivity index (χ0v) is 12.9. The van der Waals surface area contributed by atoms with Gasteiger partial charge in [0.15, 0.2) is 0 Å². The summed E-state index contributed by atoms with van der Waals surface area (Å²) in [5.41, 5.74) is 0.707. The second-order valence-corrected chi connectivity index (χ2v) is 7.88. The average molecular weight is 258 g/mol. The minimum Gasteiger partial charge on any atom is -0.396 e. The van der Waals surface area contributed by atoms with Gasteiger partial charge < -0.3 is 5.11 Å². The molecule has 1 aliphatic carbocycles. The normalized spacial score (nSPS) is 30.5. The molecule has 0 aromatic rings. The molecular formula is C15H30OS. The van der Waals surface area contributed by atoms with E-state index in [2.05, 4.69) is 27.0 Å². The van der Waals surface area contributed by atoms with Gasteiger partial charge in [0.25, 0.3) is 0 Å². The monoisotopic (exact) mass is 258 g/mol. The fourth-order valence-electron chi connectivity index (χ4n) is 3.17. The third-order valence-corrected chi connectivity index (χ3v) is 5.36. The quantitative estimate of drug-likeness (QED) is 0.740. The molecule has 17 heavy (non-hydrogen) atoms. The van der Waals surface area contributed by atoms with Crippen LogP contribution in [-0.2, 0) is 0 Å². The van der Waals surface area contributed by atoms with Crippen LogP contribution in [0.3, 0.4) is 0 Å². The molecule has 0 amide bonds. The van der Waals surface area contributed by atoms with E-state index in [4.69, 9.17) is 0 Å². The molecule has 1 fully saturated rings. The highest BCUT2D eigenvalue weighted by molar-refractivity contribution is 7.98. The van der Waals surface area contributed by atoms with Crippen LogP contribution in [0.25, 0.3) is 0 Å². The van der Waals surface area contributed by atoms with Crippen LogP contribution in [0.2, 0.25) is 0 Å². The first-order valence-corrected chi connectivity index (χ1v) is 8.43. The smallest absolute Gasteiger partial charge is 0.0487 e. The van der Waals surface area contributed by atoms with Crippen LogP contribution < -0.4 is 0 Å².